The summed E-state index contributed by atoms with van der Waals surface area (Å²) in [7, 11) is 1.55. The van der Waals surface area contributed by atoms with E-state index in [-0.39, 0.29) is 31.4 Å². The zero-order valence-electron chi connectivity index (χ0n) is 20.1. The number of furan rings is 2. The van der Waals surface area contributed by atoms with Crippen molar-refractivity contribution < 1.29 is 23.2 Å². The fourth-order valence-corrected chi connectivity index (χ4v) is 4.12. The second-order valence-corrected chi connectivity index (χ2v) is 8.31. The zero-order chi connectivity index (χ0) is 25.6. The summed E-state index contributed by atoms with van der Waals surface area (Å²) in [6.45, 7) is 0.116. The molecule has 3 heterocycles. The molecule has 0 unspecified atom stereocenters. The average molecular weight is 500 g/mol. The smallest absolute Gasteiger partial charge is 0.247 e. The third kappa shape index (κ3) is 5.37. The highest BCUT2D eigenvalue weighted by Crippen LogP contribution is 2.28. The Morgan fingerprint density at radius 3 is 2.54 bits per heavy atom. The summed E-state index contributed by atoms with van der Waals surface area (Å²) in [5.74, 6) is 0.967. The van der Waals surface area contributed by atoms with Gasteiger partial charge in [0.2, 0.25) is 11.8 Å². The van der Waals surface area contributed by atoms with E-state index in [0.717, 1.165) is 0 Å². The largest absolute Gasteiger partial charge is 0.497 e. The maximum Gasteiger partial charge on any atom is 0.247 e. The van der Waals surface area contributed by atoms with Crippen LogP contribution in [-0.2, 0) is 29.2 Å². The summed E-state index contributed by atoms with van der Waals surface area (Å²) in [5.41, 5.74) is 1.97. The number of benzene rings is 2. The van der Waals surface area contributed by atoms with Crippen molar-refractivity contribution in [2.45, 2.75) is 25.7 Å². The van der Waals surface area contributed by atoms with Gasteiger partial charge in [-0.05, 0) is 54.1 Å². The lowest BCUT2D eigenvalue weighted by Crippen LogP contribution is -2.44. The summed E-state index contributed by atoms with van der Waals surface area (Å²) >= 11 is 0. The Balaban J connectivity index is 1.51. The topological polar surface area (TPSA) is 116 Å². The molecule has 0 aliphatic rings. The summed E-state index contributed by atoms with van der Waals surface area (Å²) < 4.78 is 17.8. The first-order valence-electron chi connectivity index (χ1n) is 11.7. The first-order valence-corrected chi connectivity index (χ1v) is 11.7. The molecule has 1 N–H and O–H groups in total. The van der Waals surface area contributed by atoms with E-state index < -0.39 is 6.04 Å². The van der Waals surface area contributed by atoms with Gasteiger partial charge in [0.05, 0.1) is 38.2 Å². The molecule has 10 nitrogen and oxygen atoms in total. The van der Waals surface area contributed by atoms with Gasteiger partial charge in [-0.3, -0.25) is 9.59 Å². The van der Waals surface area contributed by atoms with E-state index in [2.05, 4.69) is 15.6 Å². The lowest BCUT2D eigenvalue weighted by molar-refractivity contribution is -0.142. The minimum Gasteiger partial charge on any atom is -0.497 e. The van der Waals surface area contributed by atoms with Crippen LogP contribution in [0.5, 0.6) is 5.75 Å². The molecule has 0 bridgehead atoms. The molecule has 10 heteroatoms. The minimum absolute atomic E-state index is 0.0640. The Labute approximate surface area is 212 Å². The van der Waals surface area contributed by atoms with Crippen molar-refractivity contribution in [3.8, 4) is 5.75 Å². The van der Waals surface area contributed by atoms with E-state index in [4.69, 9.17) is 13.6 Å². The second-order valence-electron chi connectivity index (χ2n) is 8.31. The Kier molecular flexibility index (Phi) is 6.98. The van der Waals surface area contributed by atoms with Crippen LogP contribution in [0.25, 0.3) is 11.0 Å². The van der Waals surface area contributed by atoms with Gasteiger partial charge in [0.1, 0.15) is 35.4 Å². The van der Waals surface area contributed by atoms with Gasteiger partial charge < -0.3 is 23.8 Å². The third-order valence-corrected chi connectivity index (χ3v) is 5.92. The number of hydrogen-bond acceptors (Lipinski definition) is 7. The number of fused-ring (bicyclic) bond motifs is 1. The first kappa shape index (κ1) is 23.9. The summed E-state index contributed by atoms with van der Waals surface area (Å²) in [4.78, 5) is 29.0. The molecular weight excluding hydrogens is 474 g/mol. The third-order valence-electron chi connectivity index (χ3n) is 5.92. The average Bonchev–Trinajstić information content (AvgIpc) is 3.70. The molecule has 3 aromatic heterocycles. The predicted molar refractivity (Wildman–Crippen MR) is 133 cm³/mol. The van der Waals surface area contributed by atoms with Gasteiger partial charge in [-0.15, -0.1) is 5.10 Å². The van der Waals surface area contributed by atoms with Gasteiger partial charge in [0.15, 0.2) is 0 Å². The number of carbonyl (C=O) groups excluding carboxylic acids is 2. The lowest BCUT2D eigenvalue weighted by Gasteiger charge is -2.31. The van der Waals surface area contributed by atoms with E-state index in [9.17, 15) is 9.59 Å². The number of methoxy groups -OCH3 is 1. The van der Waals surface area contributed by atoms with Gasteiger partial charge in [-0.2, -0.15) is 0 Å². The summed E-state index contributed by atoms with van der Waals surface area (Å²) in [5, 5.41) is 11.2. The highest BCUT2D eigenvalue weighted by atomic mass is 16.5. The van der Waals surface area contributed by atoms with Gasteiger partial charge in [-0.1, -0.05) is 29.5 Å². The molecule has 5 rings (SSSR count). The van der Waals surface area contributed by atoms with Crippen molar-refractivity contribution in [3.63, 3.8) is 0 Å². The Morgan fingerprint density at radius 1 is 1.00 bits per heavy atom. The van der Waals surface area contributed by atoms with Gasteiger partial charge in [0.25, 0.3) is 0 Å². The molecule has 0 radical (unpaired) electrons. The predicted octanol–water partition coefficient (Wildman–Crippen LogP) is 3.71. The van der Waals surface area contributed by atoms with Crippen molar-refractivity contribution in [2.24, 2.45) is 0 Å². The normalized spacial score (nSPS) is 11.8. The molecule has 2 amide bonds. The molecule has 1 atom stereocenters. The van der Waals surface area contributed by atoms with Crippen LogP contribution < -0.4 is 10.1 Å². The van der Waals surface area contributed by atoms with Crippen LogP contribution in [0.2, 0.25) is 0 Å². The molecule has 0 aliphatic heterocycles. The first-order chi connectivity index (χ1) is 18.1. The maximum atomic E-state index is 13.9. The highest BCUT2D eigenvalue weighted by Gasteiger charge is 2.33. The molecule has 2 aromatic carbocycles. The molecule has 0 saturated carbocycles. The summed E-state index contributed by atoms with van der Waals surface area (Å²) in [6.07, 6.45) is 3.07. The van der Waals surface area contributed by atoms with Crippen LogP contribution in [0.3, 0.4) is 0 Å². The molecule has 37 heavy (non-hydrogen) atoms. The van der Waals surface area contributed by atoms with Gasteiger partial charge in [0, 0.05) is 0 Å². The van der Waals surface area contributed by atoms with Crippen LogP contribution in [0, 0.1) is 0 Å². The molecule has 0 fully saturated rings. The van der Waals surface area contributed by atoms with Crippen LogP contribution >= 0.6 is 0 Å². The second kappa shape index (κ2) is 10.8. The van der Waals surface area contributed by atoms with Crippen molar-refractivity contribution in [1.82, 2.24) is 25.2 Å². The monoisotopic (exact) mass is 499 g/mol. The number of carbonyl (C=O) groups is 2. The zero-order valence-corrected chi connectivity index (χ0v) is 20.1. The number of ether oxygens (including phenoxy) is 1. The summed E-state index contributed by atoms with van der Waals surface area (Å²) in [6, 6.07) is 20.5. The molecule has 0 saturated heterocycles. The quantitative estimate of drug-likeness (QED) is 0.311. The van der Waals surface area contributed by atoms with Crippen LogP contribution in [-0.4, -0.2) is 38.8 Å². The minimum atomic E-state index is -0.988. The SMILES string of the molecule is COc1cccc([C@@H](C(=O)NCc2ccco2)N(Cc2ccco2)C(=O)Cn2nnc3ccccc32)c1. The van der Waals surface area contributed by atoms with E-state index >= 15 is 0 Å². The van der Waals surface area contributed by atoms with E-state index in [1.807, 2.05) is 24.3 Å². The van der Waals surface area contributed by atoms with Gasteiger partial charge in [-0.25, -0.2) is 4.68 Å². The molecule has 5 aromatic rings. The Bertz CT molecular complexity index is 1480. The van der Waals surface area contributed by atoms with Crippen LogP contribution in [0.1, 0.15) is 23.1 Å². The number of amides is 2. The number of nitrogens with one attached hydrogen (secondary N) is 1. The fourth-order valence-electron chi connectivity index (χ4n) is 4.12. The maximum absolute atomic E-state index is 13.9. The number of para-hydroxylation sites is 1. The number of aromatic nitrogens is 3. The fraction of sp³-hybridized carbons (Fsp3) is 0.185. The number of hydrogen-bond donors (Lipinski definition) is 1. The lowest BCUT2D eigenvalue weighted by atomic mass is 10.0. The number of nitrogens with zero attached hydrogens (tertiary/aromatic N) is 4. The highest BCUT2D eigenvalue weighted by molar-refractivity contribution is 5.89. The Morgan fingerprint density at radius 2 is 1.78 bits per heavy atom. The van der Waals surface area contributed by atoms with E-state index in [0.29, 0.717) is 33.9 Å². The molecule has 0 spiro atoms. The van der Waals surface area contributed by atoms with Crippen molar-refractivity contribution in [1.29, 1.82) is 0 Å². The van der Waals surface area contributed by atoms with E-state index in [1.165, 1.54) is 22.1 Å². The van der Waals surface area contributed by atoms with Crippen molar-refractivity contribution in [3.05, 3.63) is 102 Å². The van der Waals surface area contributed by atoms with Crippen LogP contribution in [0.15, 0.2) is 94.2 Å². The van der Waals surface area contributed by atoms with Crippen molar-refractivity contribution in [2.75, 3.05) is 7.11 Å². The molecular formula is C27H25N5O5. The van der Waals surface area contributed by atoms with Crippen molar-refractivity contribution >= 4 is 22.8 Å². The standard InChI is InChI=1S/C27H25N5O5/c1-35-20-8-4-7-19(15-20)26(27(34)28-16-21-9-5-13-36-21)31(17-22-10-6-14-37-22)25(33)18-32-24-12-3-2-11-23(24)29-30-32/h2-15,26H,16-18H2,1H3,(H,28,34)/t26-/m0/s1. The molecule has 0 aliphatic carbocycles. The number of rotatable bonds is 10. The van der Waals surface area contributed by atoms with Crippen LogP contribution in [0.4, 0.5) is 0 Å². The van der Waals surface area contributed by atoms with E-state index in [1.54, 1.807) is 55.6 Å². The Hall–Kier alpha value is -4.86. The van der Waals surface area contributed by atoms with Gasteiger partial charge >= 0.3 is 0 Å². The molecule has 188 valence electrons.